The van der Waals surface area contributed by atoms with E-state index < -0.39 is 4.92 Å². The van der Waals surface area contributed by atoms with Gasteiger partial charge in [-0.25, -0.2) is 0 Å². The largest absolute Gasteiger partial charge is 0.506 e. The number of halogens is 1. The Hall–Kier alpha value is -2.27. The molecule has 0 spiro atoms. The van der Waals surface area contributed by atoms with Crippen LogP contribution >= 0.6 is 11.6 Å². The lowest BCUT2D eigenvalue weighted by atomic mass is 10.2. The van der Waals surface area contributed by atoms with Gasteiger partial charge in [0.15, 0.2) is 0 Å². The van der Waals surface area contributed by atoms with Crippen molar-refractivity contribution in [2.24, 2.45) is 0 Å². The van der Waals surface area contributed by atoms with Gasteiger partial charge in [-0.05, 0) is 24.3 Å². The molecule has 0 radical (unpaired) electrons. The monoisotopic (exact) mass is 264 g/mol. The molecule has 92 valence electrons. The summed E-state index contributed by atoms with van der Waals surface area (Å²) in [5.41, 5.74) is 0.901. The van der Waals surface area contributed by atoms with Crippen LogP contribution in [0.15, 0.2) is 42.5 Å². The van der Waals surface area contributed by atoms with Crippen molar-refractivity contribution in [1.82, 2.24) is 0 Å². The lowest BCUT2D eigenvalue weighted by molar-refractivity contribution is -0.383. The van der Waals surface area contributed by atoms with E-state index in [0.717, 1.165) is 0 Å². The van der Waals surface area contributed by atoms with Crippen molar-refractivity contribution in [3.05, 3.63) is 57.6 Å². The standard InChI is InChI=1S/C12H9ClN2O3/c13-9-7-8(5-6-12(9)16)14-10-3-1-2-4-11(10)15(17)18/h1-7,14,16H. The predicted molar refractivity (Wildman–Crippen MR) is 69.5 cm³/mol. The second-order valence-corrected chi connectivity index (χ2v) is 3.97. The molecule has 0 heterocycles. The van der Waals surface area contributed by atoms with Gasteiger partial charge in [0.2, 0.25) is 0 Å². The van der Waals surface area contributed by atoms with Crippen LogP contribution in [0.3, 0.4) is 0 Å². The third kappa shape index (κ3) is 2.52. The molecule has 2 aromatic rings. The molecule has 2 aromatic carbocycles. The molecule has 0 aliphatic rings. The molecule has 0 fully saturated rings. The zero-order valence-corrected chi connectivity index (χ0v) is 9.89. The van der Waals surface area contributed by atoms with Crippen molar-refractivity contribution in [1.29, 1.82) is 0 Å². The molecule has 0 unspecified atom stereocenters. The average molecular weight is 265 g/mol. The van der Waals surface area contributed by atoms with Crippen LogP contribution in [0.4, 0.5) is 17.1 Å². The van der Waals surface area contributed by atoms with Crippen molar-refractivity contribution in [2.45, 2.75) is 0 Å². The maximum absolute atomic E-state index is 10.8. The van der Waals surface area contributed by atoms with E-state index in [1.54, 1.807) is 24.3 Å². The van der Waals surface area contributed by atoms with Gasteiger partial charge in [0.05, 0.1) is 9.95 Å². The molecule has 0 amide bonds. The van der Waals surface area contributed by atoms with Crippen LogP contribution in [0.25, 0.3) is 0 Å². The molecular formula is C12H9ClN2O3. The van der Waals surface area contributed by atoms with E-state index in [0.29, 0.717) is 11.4 Å². The van der Waals surface area contributed by atoms with Crippen molar-refractivity contribution in [3.63, 3.8) is 0 Å². The summed E-state index contributed by atoms with van der Waals surface area (Å²) in [5, 5.41) is 23.2. The van der Waals surface area contributed by atoms with Gasteiger partial charge in [-0.3, -0.25) is 10.1 Å². The molecule has 2 N–H and O–H groups in total. The summed E-state index contributed by atoms with van der Waals surface area (Å²) in [7, 11) is 0. The number of phenolic OH excluding ortho intramolecular Hbond substituents is 1. The van der Waals surface area contributed by atoms with E-state index in [2.05, 4.69) is 5.32 Å². The van der Waals surface area contributed by atoms with Crippen molar-refractivity contribution < 1.29 is 10.0 Å². The average Bonchev–Trinajstić information content (AvgIpc) is 2.34. The second kappa shape index (κ2) is 4.93. The predicted octanol–water partition coefficient (Wildman–Crippen LogP) is 3.70. The molecule has 5 nitrogen and oxygen atoms in total. The summed E-state index contributed by atoms with van der Waals surface area (Å²) in [6, 6.07) is 10.8. The first-order chi connectivity index (χ1) is 8.58. The first kappa shape index (κ1) is 12.2. The Bertz CT molecular complexity index is 602. The number of phenols is 1. The zero-order chi connectivity index (χ0) is 13.1. The highest BCUT2D eigenvalue weighted by molar-refractivity contribution is 6.32. The number of nitrogens with one attached hydrogen (secondary N) is 1. The highest BCUT2D eigenvalue weighted by atomic mass is 35.5. The number of para-hydroxylation sites is 2. The fourth-order valence-corrected chi connectivity index (χ4v) is 1.66. The van der Waals surface area contributed by atoms with Crippen LogP contribution < -0.4 is 5.32 Å². The SMILES string of the molecule is O=[N+]([O-])c1ccccc1Nc1ccc(O)c(Cl)c1. The molecular weight excluding hydrogens is 256 g/mol. The quantitative estimate of drug-likeness (QED) is 0.503. The van der Waals surface area contributed by atoms with Gasteiger partial charge in [0, 0.05) is 11.8 Å². The van der Waals surface area contributed by atoms with Crippen LogP contribution in [0, 0.1) is 10.1 Å². The maximum atomic E-state index is 10.8. The van der Waals surface area contributed by atoms with E-state index in [9.17, 15) is 15.2 Å². The maximum Gasteiger partial charge on any atom is 0.292 e. The molecule has 0 saturated heterocycles. The number of rotatable bonds is 3. The highest BCUT2D eigenvalue weighted by Crippen LogP contribution is 2.31. The van der Waals surface area contributed by atoms with E-state index in [-0.39, 0.29) is 16.5 Å². The summed E-state index contributed by atoms with van der Waals surface area (Å²) in [5.74, 6) is -0.0372. The number of aromatic hydroxyl groups is 1. The summed E-state index contributed by atoms with van der Waals surface area (Å²) in [4.78, 5) is 10.4. The van der Waals surface area contributed by atoms with Gasteiger partial charge in [0.1, 0.15) is 11.4 Å². The Morgan fingerprint density at radius 3 is 2.61 bits per heavy atom. The van der Waals surface area contributed by atoms with Gasteiger partial charge in [-0.1, -0.05) is 23.7 Å². The van der Waals surface area contributed by atoms with E-state index >= 15 is 0 Å². The fourth-order valence-electron chi connectivity index (χ4n) is 1.48. The summed E-state index contributed by atoms with van der Waals surface area (Å²) < 4.78 is 0. The molecule has 0 aliphatic heterocycles. The Morgan fingerprint density at radius 2 is 1.94 bits per heavy atom. The van der Waals surface area contributed by atoms with Crippen LogP contribution in [0.1, 0.15) is 0 Å². The first-order valence-corrected chi connectivity index (χ1v) is 5.44. The molecule has 18 heavy (non-hydrogen) atoms. The smallest absolute Gasteiger partial charge is 0.292 e. The molecule has 0 bridgehead atoms. The Balaban J connectivity index is 2.34. The van der Waals surface area contributed by atoms with Gasteiger partial charge in [-0.15, -0.1) is 0 Å². The number of anilines is 2. The number of hydrogen-bond donors (Lipinski definition) is 2. The lowest BCUT2D eigenvalue weighted by Crippen LogP contribution is -1.96. The van der Waals surface area contributed by atoms with Gasteiger partial charge < -0.3 is 10.4 Å². The van der Waals surface area contributed by atoms with E-state index in [1.165, 1.54) is 18.2 Å². The van der Waals surface area contributed by atoms with Crippen LogP contribution in [0.5, 0.6) is 5.75 Å². The van der Waals surface area contributed by atoms with E-state index in [4.69, 9.17) is 11.6 Å². The number of nitro benzene ring substituents is 1. The van der Waals surface area contributed by atoms with Crippen LogP contribution in [-0.2, 0) is 0 Å². The molecule has 6 heteroatoms. The third-order valence-electron chi connectivity index (χ3n) is 2.33. The van der Waals surface area contributed by atoms with E-state index in [1.807, 2.05) is 0 Å². The first-order valence-electron chi connectivity index (χ1n) is 5.07. The number of hydrogen-bond acceptors (Lipinski definition) is 4. The normalized spacial score (nSPS) is 10.1. The number of benzene rings is 2. The van der Waals surface area contributed by atoms with Gasteiger partial charge >= 0.3 is 0 Å². The van der Waals surface area contributed by atoms with Crippen molar-refractivity contribution in [2.75, 3.05) is 5.32 Å². The Kier molecular flexibility index (Phi) is 3.34. The van der Waals surface area contributed by atoms with Crippen molar-refractivity contribution >= 4 is 28.7 Å². The molecule has 2 rings (SSSR count). The molecule has 0 atom stereocenters. The number of nitrogens with zero attached hydrogens (tertiary/aromatic N) is 1. The van der Waals surface area contributed by atoms with Crippen LogP contribution in [-0.4, -0.2) is 10.0 Å². The summed E-state index contributed by atoms with van der Waals surface area (Å²) >= 11 is 5.76. The number of nitro groups is 1. The Morgan fingerprint density at radius 1 is 1.22 bits per heavy atom. The Labute approximate surface area is 108 Å². The fraction of sp³-hybridized carbons (Fsp3) is 0. The summed E-state index contributed by atoms with van der Waals surface area (Å²) in [6.45, 7) is 0. The minimum atomic E-state index is -0.468. The lowest BCUT2D eigenvalue weighted by Gasteiger charge is -2.07. The van der Waals surface area contributed by atoms with Crippen LogP contribution in [0.2, 0.25) is 5.02 Å². The second-order valence-electron chi connectivity index (χ2n) is 3.57. The van der Waals surface area contributed by atoms with Gasteiger partial charge in [0.25, 0.3) is 5.69 Å². The molecule has 0 aliphatic carbocycles. The highest BCUT2D eigenvalue weighted by Gasteiger charge is 2.12. The minimum Gasteiger partial charge on any atom is -0.506 e. The third-order valence-corrected chi connectivity index (χ3v) is 2.63. The topological polar surface area (TPSA) is 75.4 Å². The zero-order valence-electron chi connectivity index (χ0n) is 9.13. The molecule has 0 aromatic heterocycles. The minimum absolute atomic E-state index is 0.0262. The van der Waals surface area contributed by atoms with Gasteiger partial charge in [-0.2, -0.15) is 0 Å². The summed E-state index contributed by atoms with van der Waals surface area (Å²) in [6.07, 6.45) is 0. The van der Waals surface area contributed by atoms with Crippen molar-refractivity contribution in [3.8, 4) is 5.75 Å². The molecule has 0 saturated carbocycles.